The molecule has 0 radical (unpaired) electrons. The van der Waals surface area contributed by atoms with Crippen LogP contribution < -0.4 is 22.7 Å². The van der Waals surface area contributed by atoms with Gasteiger partial charge in [-0.15, -0.1) is 4.79 Å². The van der Waals surface area contributed by atoms with E-state index in [1.165, 1.54) is 12.3 Å². The molecule has 13 heteroatoms. The third kappa shape index (κ3) is 4.20. The van der Waals surface area contributed by atoms with E-state index >= 15 is 0 Å². The smallest absolute Gasteiger partial charge is 0.356 e. The molecule has 1 aliphatic heterocycles. The number of nitrogen functional groups attached to an aromatic ring is 1. The number of halogens is 1. The van der Waals surface area contributed by atoms with Crippen LogP contribution in [-0.2, 0) is 4.74 Å². The number of ether oxygens (including phenoxy) is 1. The summed E-state index contributed by atoms with van der Waals surface area (Å²) in [4.78, 5) is 36.9. The van der Waals surface area contributed by atoms with Crippen LogP contribution in [-0.4, -0.2) is 59.6 Å². The van der Waals surface area contributed by atoms with Crippen LogP contribution in [0, 0.1) is 0 Å². The lowest BCUT2D eigenvalue weighted by Crippen LogP contribution is -2.36. The first-order valence-electron chi connectivity index (χ1n) is 7.20. The Morgan fingerprint density at radius 1 is 1.23 bits per heavy atom. The van der Waals surface area contributed by atoms with Gasteiger partial charge in [-0.3, -0.25) is 14.3 Å². The molecule has 1 saturated heterocycles. The zero-order valence-corrected chi connectivity index (χ0v) is 13.1. The fourth-order valence-electron chi connectivity index (χ4n) is 2.13. The van der Waals surface area contributed by atoms with E-state index in [1.54, 1.807) is 4.98 Å². The molecule has 2 aromatic rings. The Hall–Kier alpha value is -2.87. The van der Waals surface area contributed by atoms with Crippen molar-refractivity contribution >= 4 is 5.82 Å². The molecule has 6 N–H and O–H groups in total. The molecule has 1 aliphatic rings. The van der Waals surface area contributed by atoms with Crippen LogP contribution in [0.3, 0.4) is 0 Å². The lowest BCUT2D eigenvalue weighted by molar-refractivity contribution is -0.0549. The summed E-state index contributed by atoms with van der Waals surface area (Å²) in [7, 11) is 0. The topological polar surface area (TPSA) is 186 Å². The molecule has 0 bridgehead atoms. The molecule has 142 valence electrons. The molecule has 3 heterocycles. The van der Waals surface area contributed by atoms with Crippen LogP contribution in [0.25, 0.3) is 0 Å². The Labute approximate surface area is 143 Å². The van der Waals surface area contributed by atoms with Crippen molar-refractivity contribution < 1.29 is 24.5 Å². The minimum Gasteiger partial charge on any atom is -0.394 e. The monoisotopic (exact) mass is 373 g/mol. The number of hydrogen-bond acceptors (Lipinski definition) is 9. The van der Waals surface area contributed by atoms with Gasteiger partial charge in [0, 0.05) is 18.5 Å². The second kappa shape index (κ2) is 8.01. The third-order valence-electron chi connectivity index (χ3n) is 3.42. The number of aliphatic hydroxyl groups is 3. The highest BCUT2D eigenvalue weighted by Gasteiger charge is 2.43. The van der Waals surface area contributed by atoms with Gasteiger partial charge < -0.3 is 25.8 Å². The fourth-order valence-corrected chi connectivity index (χ4v) is 2.13. The quantitative estimate of drug-likeness (QED) is 0.359. The van der Waals surface area contributed by atoms with Crippen molar-refractivity contribution in [3.63, 3.8) is 0 Å². The Bertz CT molecular complexity index is 926. The maximum Gasteiger partial charge on any atom is 0.356 e. The van der Waals surface area contributed by atoms with Gasteiger partial charge in [0.15, 0.2) is 6.23 Å². The second-order valence-corrected chi connectivity index (χ2v) is 5.19. The molecular weight excluding hydrogens is 357 g/mol. The maximum atomic E-state index is 11.9. The van der Waals surface area contributed by atoms with Gasteiger partial charge in [-0.1, -0.05) is 4.48 Å². The molecule has 0 spiro atoms. The largest absolute Gasteiger partial charge is 0.394 e. The predicted molar refractivity (Wildman–Crippen MR) is 83.7 cm³/mol. The second-order valence-electron chi connectivity index (χ2n) is 5.19. The highest BCUT2D eigenvalue weighted by atomic mass is 19.2. The number of rotatable bonds is 2. The highest BCUT2D eigenvalue weighted by Crippen LogP contribution is 2.27. The number of aliphatic hydroxyl groups excluding tert-OH is 3. The van der Waals surface area contributed by atoms with E-state index in [1.807, 2.05) is 0 Å². The molecular formula is C13H16FN5O7. The predicted octanol–water partition coefficient (Wildman–Crippen LogP) is -3.29. The molecule has 4 atom stereocenters. The molecule has 0 aliphatic carbocycles. The van der Waals surface area contributed by atoms with Crippen LogP contribution in [0.5, 0.6) is 0 Å². The first-order valence-corrected chi connectivity index (χ1v) is 7.20. The fraction of sp³-hybridized carbons (Fsp3) is 0.385. The number of H-pyrrole nitrogens is 1. The van der Waals surface area contributed by atoms with Gasteiger partial charge in [0.1, 0.15) is 24.1 Å². The molecule has 0 unspecified atom stereocenters. The highest BCUT2D eigenvalue weighted by molar-refractivity contribution is 5.23. The first kappa shape index (κ1) is 19.5. The van der Waals surface area contributed by atoms with E-state index in [0.717, 1.165) is 16.8 Å². The molecule has 0 amide bonds. The number of anilines is 1. The average molecular weight is 373 g/mol. The van der Waals surface area contributed by atoms with E-state index in [9.17, 15) is 29.1 Å². The SMILES string of the molecule is Nc1ccn([C@@H]2O[C@H](CO)[C@@H](O)[C@@H]2O)c(=O)n1.O=c1ccn(F)c(=O)[nH]1. The number of nitrogens with zero attached hydrogens (tertiary/aromatic N) is 3. The summed E-state index contributed by atoms with van der Waals surface area (Å²) in [6.07, 6.45) is -2.52. The van der Waals surface area contributed by atoms with Gasteiger partial charge in [0.2, 0.25) is 0 Å². The average Bonchev–Trinajstić information content (AvgIpc) is 2.87. The minimum absolute atomic E-state index is 0.0537. The third-order valence-corrected chi connectivity index (χ3v) is 3.42. The van der Waals surface area contributed by atoms with Crippen LogP contribution in [0.4, 0.5) is 10.3 Å². The number of nitrogens with two attached hydrogens (primary N) is 1. The zero-order chi connectivity index (χ0) is 19.4. The van der Waals surface area contributed by atoms with Crippen LogP contribution in [0.2, 0.25) is 0 Å². The van der Waals surface area contributed by atoms with Gasteiger partial charge in [-0.2, -0.15) is 4.98 Å². The summed E-state index contributed by atoms with van der Waals surface area (Å²) in [5.41, 5.74) is 2.97. The number of nitrogens with one attached hydrogen (secondary N) is 1. The van der Waals surface area contributed by atoms with E-state index in [-0.39, 0.29) is 10.6 Å². The van der Waals surface area contributed by atoms with Gasteiger partial charge >= 0.3 is 11.4 Å². The van der Waals surface area contributed by atoms with Crippen molar-refractivity contribution in [2.75, 3.05) is 12.3 Å². The minimum atomic E-state index is -1.31. The first-order chi connectivity index (χ1) is 12.2. The summed E-state index contributed by atoms with van der Waals surface area (Å²) < 4.78 is 18.1. The molecule has 0 saturated carbocycles. The van der Waals surface area contributed by atoms with Gasteiger partial charge in [-0.25, -0.2) is 9.59 Å². The summed E-state index contributed by atoms with van der Waals surface area (Å²) >= 11 is 0. The lowest BCUT2D eigenvalue weighted by Gasteiger charge is -2.16. The van der Waals surface area contributed by atoms with Gasteiger partial charge in [-0.05, 0) is 6.07 Å². The molecule has 12 nitrogen and oxygen atoms in total. The van der Waals surface area contributed by atoms with Crippen molar-refractivity contribution in [3.05, 3.63) is 55.8 Å². The molecule has 3 rings (SSSR count). The van der Waals surface area contributed by atoms with Crippen molar-refractivity contribution in [2.45, 2.75) is 24.5 Å². The molecule has 2 aromatic heterocycles. The van der Waals surface area contributed by atoms with Gasteiger partial charge in [0.05, 0.1) is 6.61 Å². The Balaban J connectivity index is 0.000000228. The molecule has 0 aromatic carbocycles. The summed E-state index contributed by atoms with van der Waals surface area (Å²) in [5.74, 6) is 0.0537. The maximum absolute atomic E-state index is 11.9. The Morgan fingerprint density at radius 2 is 1.92 bits per heavy atom. The van der Waals surface area contributed by atoms with E-state index in [0.29, 0.717) is 0 Å². The zero-order valence-electron chi connectivity index (χ0n) is 13.1. The summed E-state index contributed by atoms with van der Waals surface area (Å²) in [6.45, 7) is -0.453. The van der Waals surface area contributed by atoms with Crippen molar-refractivity contribution in [1.82, 2.24) is 19.3 Å². The Morgan fingerprint density at radius 3 is 2.42 bits per heavy atom. The molecule has 1 fully saturated rings. The summed E-state index contributed by atoms with van der Waals surface area (Å²) in [6, 6.07) is 2.29. The van der Waals surface area contributed by atoms with E-state index in [4.69, 9.17) is 15.6 Å². The Kier molecular flexibility index (Phi) is 5.99. The van der Waals surface area contributed by atoms with Crippen molar-refractivity contribution in [1.29, 1.82) is 0 Å². The van der Waals surface area contributed by atoms with Crippen LogP contribution in [0.15, 0.2) is 38.9 Å². The lowest BCUT2D eigenvalue weighted by atomic mass is 10.1. The summed E-state index contributed by atoms with van der Waals surface area (Å²) in [5, 5.41) is 28.2. The van der Waals surface area contributed by atoms with Crippen molar-refractivity contribution in [3.8, 4) is 0 Å². The van der Waals surface area contributed by atoms with Crippen molar-refractivity contribution in [2.24, 2.45) is 0 Å². The number of aromatic nitrogens is 4. The normalized spacial score (nSPS) is 24.8. The standard InChI is InChI=1S/C9H13N3O5.C4H3FN2O2/c10-5-1-2-12(9(16)11-5)8-7(15)6(14)4(3-13)17-8;5-7-2-1-3(8)6-4(7)9/h1-2,4,6-8,13-15H,3H2,(H2,10,11,16);1-2H,(H,6,8,9)/t4-,6-,7+,8-;/m1./s1. The van der Waals surface area contributed by atoms with Crippen LogP contribution in [0.1, 0.15) is 6.23 Å². The van der Waals surface area contributed by atoms with Crippen LogP contribution >= 0.6 is 0 Å². The van der Waals surface area contributed by atoms with Gasteiger partial charge in [0.25, 0.3) is 5.56 Å². The molecule has 26 heavy (non-hydrogen) atoms. The van der Waals surface area contributed by atoms with E-state index < -0.39 is 48.1 Å². The number of hydrogen-bond donors (Lipinski definition) is 5. The van der Waals surface area contributed by atoms with E-state index in [2.05, 4.69) is 4.98 Å². The number of aromatic amines is 1.